The molecule has 0 unspecified atom stereocenters. The smallest absolute Gasteiger partial charge is 0.258 e. The van der Waals surface area contributed by atoms with Gasteiger partial charge >= 0.3 is 0 Å². The molecule has 156 valence electrons. The molecule has 0 bridgehead atoms. The average molecular weight is 436 g/mol. The van der Waals surface area contributed by atoms with Crippen LogP contribution in [0.5, 0.6) is 5.75 Å². The lowest BCUT2D eigenvalue weighted by molar-refractivity contribution is -0.132. The first-order chi connectivity index (χ1) is 14.1. The van der Waals surface area contributed by atoms with Crippen LogP contribution < -0.4 is 9.54 Å². The van der Waals surface area contributed by atoms with Crippen LogP contribution in [0.4, 0.5) is 0 Å². The molecule has 1 aromatic heterocycles. The van der Waals surface area contributed by atoms with Crippen LogP contribution in [0.2, 0.25) is 0 Å². The van der Waals surface area contributed by atoms with Crippen molar-refractivity contribution in [1.82, 2.24) is 9.47 Å². The molecule has 0 aliphatic carbocycles. The summed E-state index contributed by atoms with van der Waals surface area (Å²) < 4.78 is 13.8. The van der Waals surface area contributed by atoms with Crippen LogP contribution in [0.15, 0.2) is 35.8 Å². The van der Waals surface area contributed by atoms with Gasteiger partial charge in [-0.2, -0.15) is 4.99 Å². The van der Waals surface area contributed by atoms with E-state index in [-0.39, 0.29) is 23.3 Å². The number of nitrogens with zero attached hydrogens (tertiary/aromatic N) is 3. The molecular weight excluding hydrogens is 410 g/mol. The molecule has 0 atom stereocenters. The summed E-state index contributed by atoms with van der Waals surface area (Å²) in [5.41, 5.74) is 0.986. The summed E-state index contributed by atoms with van der Waals surface area (Å²) in [6.45, 7) is 9.28. The Morgan fingerprint density at radius 1 is 1.34 bits per heavy atom. The molecular formula is C20H25N3O4S2. The van der Waals surface area contributed by atoms with Crippen molar-refractivity contribution < 1.29 is 19.1 Å². The SMILES string of the molecule is C=CCn1c(=NC(=O)CSCC(=O)N2CCOCC2)sc2cc(OCC)ccc21. The van der Waals surface area contributed by atoms with Gasteiger partial charge in [-0.15, -0.1) is 18.3 Å². The highest BCUT2D eigenvalue weighted by Crippen LogP contribution is 2.23. The van der Waals surface area contributed by atoms with Crippen LogP contribution in [-0.4, -0.2) is 65.7 Å². The molecule has 2 aromatic rings. The van der Waals surface area contributed by atoms with Crippen molar-refractivity contribution in [1.29, 1.82) is 0 Å². The Morgan fingerprint density at radius 3 is 2.86 bits per heavy atom. The first-order valence-electron chi connectivity index (χ1n) is 9.50. The highest BCUT2D eigenvalue weighted by Gasteiger charge is 2.17. The third kappa shape index (κ3) is 5.71. The third-order valence-electron chi connectivity index (χ3n) is 4.31. The largest absolute Gasteiger partial charge is 0.494 e. The number of allylic oxidation sites excluding steroid dienone is 1. The van der Waals surface area contributed by atoms with E-state index in [1.165, 1.54) is 23.1 Å². The number of aromatic nitrogens is 1. The molecule has 9 heteroatoms. The molecule has 0 radical (unpaired) electrons. The number of hydrogen-bond donors (Lipinski definition) is 0. The van der Waals surface area contributed by atoms with Gasteiger partial charge < -0.3 is 18.9 Å². The number of benzene rings is 1. The van der Waals surface area contributed by atoms with Crippen LogP contribution >= 0.6 is 23.1 Å². The van der Waals surface area contributed by atoms with Crippen molar-refractivity contribution in [3.63, 3.8) is 0 Å². The van der Waals surface area contributed by atoms with Gasteiger partial charge in [0.1, 0.15) is 5.75 Å². The maximum Gasteiger partial charge on any atom is 0.258 e. The number of thioether (sulfide) groups is 1. The van der Waals surface area contributed by atoms with Crippen molar-refractivity contribution in [3.8, 4) is 5.75 Å². The first kappa shape index (κ1) is 21.6. The lowest BCUT2D eigenvalue weighted by Crippen LogP contribution is -2.41. The van der Waals surface area contributed by atoms with Crippen LogP contribution in [0, 0.1) is 0 Å². The molecule has 2 heterocycles. The minimum absolute atomic E-state index is 0.0399. The van der Waals surface area contributed by atoms with Crippen molar-refractivity contribution in [2.24, 2.45) is 4.99 Å². The van der Waals surface area contributed by atoms with Gasteiger partial charge in [-0.05, 0) is 25.1 Å². The van der Waals surface area contributed by atoms with Gasteiger partial charge in [-0.1, -0.05) is 17.4 Å². The van der Waals surface area contributed by atoms with E-state index in [2.05, 4.69) is 11.6 Å². The molecule has 1 saturated heterocycles. The summed E-state index contributed by atoms with van der Waals surface area (Å²) in [6, 6.07) is 5.85. The summed E-state index contributed by atoms with van der Waals surface area (Å²) in [7, 11) is 0. The second-order valence-electron chi connectivity index (χ2n) is 6.34. The number of rotatable bonds is 8. The molecule has 2 amide bonds. The van der Waals surface area contributed by atoms with Crippen molar-refractivity contribution in [2.75, 3.05) is 44.4 Å². The third-order valence-corrected chi connectivity index (χ3v) is 6.26. The molecule has 1 fully saturated rings. The Kier molecular flexibility index (Phi) is 7.91. The maximum atomic E-state index is 12.4. The fraction of sp³-hybridized carbons (Fsp3) is 0.450. The Balaban J connectivity index is 1.68. The molecule has 7 nitrogen and oxygen atoms in total. The second kappa shape index (κ2) is 10.6. The highest BCUT2D eigenvalue weighted by atomic mass is 32.2. The molecule has 0 spiro atoms. The number of morpholine rings is 1. The van der Waals surface area contributed by atoms with E-state index < -0.39 is 0 Å². The minimum atomic E-state index is -0.251. The van der Waals surface area contributed by atoms with E-state index in [0.717, 1.165) is 16.0 Å². The van der Waals surface area contributed by atoms with Crippen molar-refractivity contribution >= 4 is 45.1 Å². The van der Waals surface area contributed by atoms with E-state index >= 15 is 0 Å². The van der Waals surface area contributed by atoms with E-state index in [1.807, 2.05) is 29.7 Å². The summed E-state index contributed by atoms with van der Waals surface area (Å²) in [5.74, 6) is 1.03. The number of thiazole rings is 1. The summed E-state index contributed by atoms with van der Waals surface area (Å²) >= 11 is 2.74. The number of carbonyl (C=O) groups excluding carboxylic acids is 2. The number of hydrogen-bond acceptors (Lipinski definition) is 6. The Morgan fingerprint density at radius 2 is 2.14 bits per heavy atom. The van der Waals surface area contributed by atoms with Gasteiger partial charge in [0.2, 0.25) is 5.91 Å². The monoisotopic (exact) mass is 435 g/mol. The van der Waals surface area contributed by atoms with Crippen LogP contribution in [0.1, 0.15) is 6.92 Å². The summed E-state index contributed by atoms with van der Waals surface area (Å²) in [6.07, 6.45) is 1.78. The molecule has 1 aromatic carbocycles. The van der Waals surface area contributed by atoms with Gasteiger partial charge in [0.05, 0.1) is 41.5 Å². The zero-order valence-corrected chi connectivity index (χ0v) is 18.1. The summed E-state index contributed by atoms with van der Waals surface area (Å²) in [5, 5.41) is 0. The number of ether oxygens (including phenoxy) is 2. The minimum Gasteiger partial charge on any atom is -0.494 e. The van der Waals surface area contributed by atoms with Crippen LogP contribution in [0.25, 0.3) is 10.2 Å². The highest BCUT2D eigenvalue weighted by molar-refractivity contribution is 8.00. The summed E-state index contributed by atoms with van der Waals surface area (Å²) in [4.78, 5) is 31.2. The van der Waals surface area contributed by atoms with Crippen LogP contribution in [0.3, 0.4) is 0 Å². The Labute approximate surface area is 178 Å². The predicted octanol–water partition coefficient (Wildman–Crippen LogP) is 2.31. The first-order valence-corrected chi connectivity index (χ1v) is 11.5. The molecule has 29 heavy (non-hydrogen) atoms. The number of amides is 2. The van der Waals surface area contributed by atoms with Gasteiger partial charge in [-0.3, -0.25) is 9.59 Å². The van der Waals surface area contributed by atoms with Crippen molar-refractivity contribution in [3.05, 3.63) is 35.7 Å². The maximum absolute atomic E-state index is 12.4. The fourth-order valence-electron chi connectivity index (χ4n) is 2.97. The molecule has 1 aliphatic heterocycles. The van der Waals surface area contributed by atoms with Gasteiger partial charge in [-0.25, -0.2) is 0 Å². The zero-order valence-electron chi connectivity index (χ0n) is 16.5. The normalized spacial score (nSPS) is 14.9. The van der Waals surface area contributed by atoms with E-state index in [1.54, 1.807) is 11.0 Å². The molecule has 3 rings (SSSR count). The Bertz CT molecular complexity index is 945. The lowest BCUT2D eigenvalue weighted by atomic mass is 10.3. The lowest BCUT2D eigenvalue weighted by Gasteiger charge is -2.26. The standard InChI is InChI=1S/C20H25N3O4S2/c1-3-7-23-16-6-5-15(27-4-2)12-17(16)29-20(23)21-18(24)13-28-14-19(25)22-8-10-26-11-9-22/h3,5-6,12H,1,4,7-11,13-14H2,2H3. The van der Waals surface area contributed by atoms with E-state index in [9.17, 15) is 9.59 Å². The average Bonchev–Trinajstić information content (AvgIpc) is 3.05. The van der Waals surface area contributed by atoms with E-state index in [0.29, 0.717) is 44.3 Å². The Hall–Kier alpha value is -2.10. The van der Waals surface area contributed by atoms with E-state index in [4.69, 9.17) is 9.47 Å². The number of carbonyl (C=O) groups is 2. The topological polar surface area (TPSA) is 73.1 Å². The predicted molar refractivity (Wildman–Crippen MR) is 116 cm³/mol. The van der Waals surface area contributed by atoms with Gasteiger partial charge in [0.25, 0.3) is 5.91 Å². The molecule has 1 aliphatic rings. The second-order valence-corrected chi connectivity index (χ2v) is 8.33. The van der Waals surface area contributed by atoms with Gasteiger partial charge in [0, 0.05) is 19.6 Å². The number of fused-ring (bicyclic) bond motifs is 1. The zero-order chi connectivity index (χ0) is 20.6. The van der Waals surface area contributed by atoms with Crippen LogP contribution in [-0.2, 0) is 20.9 Å². The molecule has 0 saturated carbocycles. The molecule has 0 N–H and O–H groups in total. The van der Waals surface area contributed by atoms with Crippen molar-refractivity contribution in [2.45, 2.75) is 13.5 Å². The van der Waals surface area contributed by atoms with Gasteiger partial charge in [0.15, 0.2) is 4.80 Å². The quantitative estimate of drug-likeness (QED) is 0.595. The fourth-order valence-corrected chi connectivity index (χ4v) is 4.75.